The number of benzene rings is 3. The van der Waals surface area contributed by atoms with Gasteiger partial charge in [-0.05, 0) is 54.9 Å². The van der Waals surface area contributed by atoms with Crippen molar-refractivity contribution in [2.75, 3.05) is 0 Å². The molecule has 0 aliphatic heterocycles. The lowest BCUT2D eigenvalue weighted by atomic mass is 9.70. The lowest BCUT2D eigenvalue weighted by Gasteiger charge is -2.33. The normalized spacial score (nSPS) is 21.7. The van der Waals surface area contributed by atoms with Gasteiger partial charge in [0.2, 0.25) is 0 Å². The Morgan fingerprint density at radius 2 is 1.50 bits per heavy atom. The number of hydrogen-bond acceptors (Lipinski definition) is 2. The summed E-state index contributed by atoms with van der Waals surface area (Å²) in [6, 6.07) is 25.4. The quantitative estimate of drug-likeness (QED) is 0.338. The highest BCUT2D eigenvalue weighted by Crippen LogP contribution is 2.44. The van der Waals surface area contributed by atoms with Crippen LogP contribution in [0.4, 0.5) is 0 Å². The monoisotopic (exact) mass is 425 g/mol. The van der Waals surface area contributed by atoms with Crippen molar-refractivity contribution in [3.8, 4) is 5.75 Å². The van der Waals surface area contributed by atoms with Crippen LogP contribution in [0.5, 0.6) is 5.75 Å². The minimum Gasteiger partial charge on any atom is -0.507 e. The van der Waals surface area contributed by atoms with Crippen molar-refractivity contribution in [3.63, 3.8) is 0 Å². The second kappa shape index (κ2) is 9.32. The Hall–Kier alpha value is -2.87. The summed E-state index contributed by atoms with van der Waals surface area (Å²) in [5, 5.41) is 11.5. The molecule has 32 heavy (non-hydrogen) atoms. The van der Waals surface area contributed by atoms with E-state index in [4.69, 9.17) is 4.99 Å². The lowest BCUT2D eigenvalue weighted by molar-refractivity contribution is 0.242. The molecule has 3 aromatic rings. The second-order valence-corrected chi connectivity index (χ2v) is 9.72. The predicted molar refractivity (Wildman–Crippen MR) is 135 cm³/mol. The number of aryl methyl sites for hydroxylation is 1. The topological polar surface area (TPSA) is 32.6 Å². The fraction of sp³-hybridized carbons (Fsp3) is 0.367. The number of aliphatic imine (C=N–C) groups is 1. The number of phenols is 1. The molecule has 3 aromatic carbocycles. The highest BCUT2D eigenvalue weighted by atomic mass is 16.3. The lowest BCUT2D eigenvalue weighted by Crippen LogP contribution is -2.27. The smallest absolute Gasteiger partial charge is 0.128 e. The maximum absolute atomic E-state index is 11.5. The Morgan fingerprint density at radius 3 is 2.09 bits per heavy atom. The third kappa shape index (κ3) is 4.24. The molecule has 2 heteroatoms. The maximum atomic E-state index is 11.5. The van der Waals surface area contributed by atoms with Crippen LogP contribution in [0.15, 0.2) is 77.8 Å². The van der Waals surface area contributed by atoms with Crippen LogP contribution < -0.4 is 0 Å². The van der Waals surface area contributed by atoms with Gasteiger partial charge in [0.25, 0.3) is 0 Å². The average Bonchev–Trinajstić information content (AvgIpc) is 2.82. The first-order valence-corrected chi connectivity index (χ1v) is 11.9. The summed E-state index contributed by atoms with van der Waals surface area (Å²) in [6.45, 7) is 8.95. The van der Waals surface area contributed by atoms with Crippen molar-refractivity contribution < 1.29 is 5.11 Å². The van der Waals surface area contributed by atoms with Gasteiger partial charge in [-0.15, -0.1) is 0 Å². The summed E-state index contributed by atoms with van der Waals surface area (Å²) in [5.41, 5.74) is 4.69. The molecule has 3 unspecified atom stereocenters. The van der Waals surface area contributed by atoms with E-state index in [1.54, 1.807) is 0 Å². The van der Waals surface area contributed by atoms with E-state index in [1.807, 2.05) is 18.3 Å². The Kier molecular flexibility index (Phi) is 6.50. The van der Waals surface area contributed by atoms with Crippen molar-refractivity contribution in [2.45, 2.75) is 58.4 Å². The zero-order chi connectivity index (χ0) is 22.7. The molecule has 3 atom stereocenters. The van der Waals surface area contributed by atoms with Gasteiger partial charge in [0.1, 0.15) is 5.75 Å². The molecule has 0 heterocycles. The van der Waals surface area contributed by atoms with Crippen LogP contribution in [0.3, 0.4) is 0 Å². The van der Waals surface area contributed by atoms with E-state index in [9.17, 15) is 5.11 Å². The highest BCUT2D eigenvalue weighted by molar-refractivity contribution is 5.85. The molecule has 2 nitrogen and oxygen atoms in total. The van der Waals surface area contributed by atoms with E-state index >= 15 is 0 Å². The number of rotatable bonds is 5. The number of nitrogens with zero attached hydrogens (tertiary/aromatic N) is 1. The molecule has 0 spiro atoms. The molecule has 1 aliphatic carbocycles. The van der Waals surface area contributed by atoms with Crippen molar-refractivity contribution in [1.82, 2.24) is 0 Å². The average molecular weight is 426 g/mol. The fourth-order valence-electron chi connectivity index (χ4n) is 5.25. The van der Waals surface area contributed by atoms with Crippen LogP contribution in [0, 0.1) is 18.8 Å². The summed E-state index contributed by atoms with van der Waals surface area (Å²) in [6.07, 6.45) is 5.58. The standard InChI is InChI=1S/C30H35NO/c1-21-18-24(20-31-28-17-11-12-22(2)23(28)3)29(32)27(19-21)30(4,25-13-7-5-8-14-25)26-15-9-6-10-16-26/h5-10,13-16,18-20,22-23,28,32H,11-12,17H2,1-4H3. The molecule has 4 rings (SSSR count). The molecule has 0 radical (unpaired) electrons. The molecule has 1 saturated carbocycles. The zero-order valence-electron chi connectivity index (χ0n) is 19.8. The summed E-state index contributed by atoms with van der Waals surface area (Å²) >= 11 is 0. The van der Waals surface area contributed by atoms with Crippen molar-refractivity contribution in [3.05, 3.63) is 101 Å². The van der Waals surface area contributed by atoms with Gasteiger partial charge in [-0.2, -0.15) is 0 Å². The largest absolute Gasteiger partial charge is 0.507 e. The minimum absolute atomic E-state index is 0.325. The summed E-state index contributed by atoms with van der Waals surface area (Å²) in [4.78, 5) is 4.97. The van der Waals surface area contributed by atoms with Crippen LogP contribution in [0.2, 0.25) is 0 Å². The van der Waals surface area contributed by atoms with E-state index < -0.39 is 5.41 Å². The van der Waals surface area contributed by atoms with Gasteiger partial charge in [0.15, 0.2) is 0 Å². The summed E-state index contributed by atoms with van der Waals surface area (Å²) in [5.74, 6) is 1.60. The SMILES string of the molecule is Cc1cc(C=NC2CCCC(C)C2C)c(O)c(C(C)(c2ccccc2)c2ccccc2)c1. The molecule has 0 aromatic heterocycles. The van der Waals surface area contributed by atoms with Gasteiger partial charge in [-0.3, -0.25) is 4.99 Å². The van der Waals surface area contributed by atoms with Crippen molar-refractivity contribution >= 4 is 6.21 Å². The first-order chi connectivity index (χ1) is 15.4. The first kappa shape index (κ1) is 22.3. The van der Waals surface area contributed by atoms with Crippen LogP contribution in [0.1, 0.15) is 67.9 Å². The van der Waals surface area contributed by atoms with Gasteiger partial charge in [-0.25, -0.2) is 0 Å². The minimum atomic E-state index is -0.478. The summed E-state index contributed by atoms with van der Waals surface area (Å²) < 4.78 is 0. The highest BCUT2D eigenvalue weighted by Gasteiger charge is 2.34. The Morgan fingerprint density at radius 1 is 0.906 bits per heavy atom. The van der Waals surface area contributed by atoms with Crippen LogP contribution in [-0.2, 0) is 5.41 Å². The maximum Gasteiger partial charge on any atom is 0.128 e. The van der Waals surface area contributed by atoms with E-state index in [1.165, 1.54) is 12.8 Å². The van der Waals surface area contributed by atoms with Crippen LogP contribution in [-0.4, -0.2) is 17.4 Å². The fourth-order valence-corrected chi connectivity index (χ4v) is 5.25. The number of hydrogen-bond donors (Lipinski definition) is 1. The molecule has 0 bridgehead atoms. The van der Waals surface area contributed by atoms with Crippen LogP contribution in [0.25, 0.3) is 0 Å². The first-order valence-electron chi connectivity index (χ1n) is 11.9. The molecular weight excluding hydrogens is 390 g/mol. The number of phenolic OH excluding ortho intramolecular Hbond substituents is 1. The number of aromatic hydroxyl groups is 1. The second-order valence-electron chi connectivity index (χ2n) is 9.72. The van der Waals surface area contributed by atoms with E-state index in [2.05, 4.69) is 88.4 Å². The molecule has 166 valence electrons. The Bertz CT molecular complexity index is 1030. The molecule has 0 amide bonds. The summed E-state index contributed by atoms with van der Waals surface area (Å²) in [7, 11) is 0. The molecule has 1 aliphatic rings. The van der Waals surface area contributed by atoms with Gasteiger partial charge in [-0.1, -0.05) is 93.4 Å². The Balaban J connectivity index is 1.82. The van der Waals surface area contributed by atoms with Crippen molar-refractivity contribution in [2.24, 2.45) is 16.8 Å². The van der Waals surface area contributed by atoms with Gasteiger partial charge >= 0.3 is 0 Å². The Labute approximate surface area is 193 Å². The van der Waals surface area contributed by atoms with E-state index in [-0.39, 0.29) is 0 Å². The molecular formula is C30H35NO. The predicted octanol–water partition coefficient (Wildman–Crippen LogP) is 7.30. The zero-order valence-corrected chi connectivity index (χ0v) is 19.8. The molecule has 1 N–H and O–H groups in total. The van der Waals surface area contributed by atoms with E-state index in [0.717, 1.165) is 34.2 Å². The van der Waals surface area contributed by atoms with E-state index in [0.29, 0.717) is 23.6 Å². The third-order valence-electron chi connectivity index (χ3n) is 7.59. The van der Waals surface area contributed by atoms with Crippen molar-refractivity contribution in [1.29, 1.82) is 0 Å². The molecule has 0 saturated heterocycles. The third-order valence-corrected chi connectivity index (χ3v) is 7.59. The molecule has 1 fully saturated rings. The van der Waals surface area contributed by atoms with Gasteiger partial charge in [0, 0.05) is 22.8 Å². The van der Waals surface area contributed by atoms with Gasteiger partial charge in [0.05, 0.1) is 6.04 Å². The van der Waals surface area contributed by atoms with Gasteiger partial charge < -0.3 is 5.11 Å². The van der Waals surface area contributed by atoms with Crippen LogP contribution >= 0.6 is 0 Å².